The molecule has 1 atom stereocenters. The summed E-state index contributed by atoms with van der Waals surface area (Å²) in [6.07, 6.45) is 8.34. The highest BCUT2D eigenvalue weighted by Crippen LogP contribution is 2.15. The van der Waals surface area contributed by atoms with E-state index in [4.69, 9.17) is 10.3 Å². The standard InChI is InChI=1S/C15H22N4O/c1-2-12(5-8-16)3-4-15-18-14(19-20-15)11-13-6-9-17-10-7-13/h6-7,9-10,12H,2-5,8,11,16H2,1H3. The van der Waals surface area contributed by atoms with Crippen molar-refractivity contribution in [1.29, 1.82) is 0 Å². The lowest BCUT2D eigenvalue weighted by Crippen LogP contribution is -2.09. The van der Waals surface area contributed by atoms with Crippen molar-refractivity contribution in [3.05, 3.63) is 41.8 Å². The molecule has 0 fully saturated rings. The number of aryl methyl sites for hydroxylation is 1. The van der Waals surface area contributed by atoms with Gasteiger partial charge in [-0.15, -0.1) is 0 Å². The highest BCUT2D eigenvalue weighted by Gasteiger charge is 2.10. The quantitative estimate of drug-likeness (QED) is 0.799. The van der Waals surface area contributed by atoms with E-state index in [9.17, 15) is 0 Å². The maximum absolute atomic E-state index is 5.61. The lowest BCUT2D eigenvalue weighted by atomic mass is 9.97. The third-order valence-electron chi connectivity index (χ3n) is 3.54. The molecule has 2 aromatic heterocycles. The second kappa shape index (κ2) is 7.75. The SMILES string of the molecule is CCC(CCN)CCc1nc(Cc2ccncc2)no1. The summed E-state index contributed by atoms with van der Waals surface area (Å²) in [7, 11) is 0. The van der Waals surface area contributed by atoms with Crippen molar-refractivity contribution in [1.82, 2.24) is 15.1 Å². The number of rotatable bonds is 8. The highest BCUT2D eigenvalue weighted by molar-refractivity contribution is 5.14. The van der Waals surface area contributed by atoms with Gasteiger partial charge < -0.3 is 10.3 Å². The molecule has 0 aliphatic rings. The summed E-state index contributed by atoms with van der Waals surface area (Å²) in [4.78, 5) is 8.44. The number of nitrogens with zero attached hydrogens (tertiary/aromatic N) is 3. The molecule has 0 aliphatic heterocycles. The Balaban J connectivity index is 1.86. The van der Waals surface area contributed by atoms with E-state index in [0.717, 1.165) is 49.5 Å². The molecule has 0 radical (unpaired) electrons. The Labute approximate surface area is 119 Å². The molecule has 0 bridgehead atoms. The number of nitrogens with two attached hydrogens (primary N) is 1. The molecule has 2 heterocycles. The van der Waals surface area contributed by atoms with Crippen LogP contribution in [0.1, 0.15) is 43.5 Å². The van der Waals surface area contributed by atoms with Crippen LogP contribution in [0.2, 0.25) is 0 Å². The van der Waals surface area contributed by atoms with E-state index < -0.39 is 0 Å². The van der Waals surface area contributed by atoms with Gasteiger partial charge in [0.05, 0.1) is 0 Å². The average molecular weight is 274 g/mol. The molecular weight excluding hydrogens is 252 g/mol. The van der Waals surface area contributed by atoms with Gasteiger partial charge in [0.15, 0.2) is 5.82 Å². The Morgan fingerprint density at radius 3 is 2.75 bits per heavy atom. The van der Waals surface area contributed by atoms with Crippen LogP contribution in [0.3, 0.4) is 0 Å². The van der Waals surface area contributed by atoms with Crippen LogP contribution in [0, 0.1) is 5.92 Å². The smallest absolute Gasteiger partial charge is 0.226 e. The first-order valence-electron chi connectivity index (χ1n) is 7.22. The molecule has 5 nitrogen and oxygen atoms in total. The van der Waals surface area contributed by atoms with Crippen LogP contribution >= 0.6 is 0 Å². The van der Waals surface area contributed by atoms with Gasteiger partial charge in [-0.2, -0.15) is 4.98 Å². The van der Waals surface area contributed by atoms with Crippen molar-refractivity contribution in [2.75, 3.05) is 6.54 Å². The lowest BCUT2D eigenvalue weighted by Gasteiger charge is -2.11. The maximum Gasteiger partial charge on any atom is 0.226 e. The summed E-state index contributed by atoms with van der Waals surface area (Å²) >= 11 is 0. The van der Waals surface area contributed by atoms with E-state index in [2.05, 4.69) is 22.0 Å². The molecule has 20 heavy (non-hydrogen) atoms. The third kappa shape index (κ3) is 4.42. The van der Waals surface area contributed by atoms with Gasteiger partial charge in [0.25, 0.3) is 0 Å². The van der Waals surface area contributed by atoms with Gasteiger partial charge in [-0.1, -0.05) is 18.5 Å². The predicted molar refractivity (Wildman–Crippen MR) is 77.1 cm³/mol. The van der Waals surface area contributed by atoms with Crippen LogP contribution in [0.4, 0.5) is 0 Å². The summed E-state index contributed by atoms with van der Waals surface area (Å²) in [6.45, 7) is 2.94. The minimum atomic E-state index is 0.649. The second-order valence-corrected chi connectivity index (χ2v) is 5.03. The van der Waals surface area contributed by atoms with Crippen molar-refractivity contribution in [2.45, 2.75) is 39.0 Å². The lowest BCUT2D eigenvalue weighted by molar-refractivity contribution is 0.351. The van der Waals surface area contributed by atoms with E-state index in [-0.39, 0.29) is 0 Å². The molecule has 2 rings (SSSR count). The Hall–Kier alpha value is -1.75. The fourth-order valence-electron chi connectivity index (χ4n) is 2.26. The number of aromatic nitrogens is 3. The van der Waals surface area contributed by atoms with Crippen LogP contribution in [0.15, 0.2) is 29.0 Å². The Morgan fingerprint density at radius 2 is 2.05 bits per heavy atom. The minimum Gasteiger partial charge on any atom is -0.339 e. The van der Waals surface area contributed by atoms with Crippen molar-refractivity contribution >= 4 is 0 Å². The zero-order valence-corrected chi connectivity index (χ0v) is 12.0. The van der Waals surface area contributed by atoms with Gasteiger partial charge in [0, 0.05) is 25.2 Å². The van der Waals surface area contributed by atoms with E-state index >= 15 is 0 Å². The van der Waals surface area contributed by atoms with Crippen molar-refractivity contribution in [2.24, 2.45) is 11.7 Å². The highest BCUT2D eigenvalue weighted by atomic mass is 16.5. The Morgan fingerprint density at radius 1 is 1.25 bits per heavy atom. The molecule has 0 amide bonds. The molecule has 5 heteroatoms. The van der Waals surface area contributed by atoms with Crippen LogP contribution in [0.25, 0.3) is 0 Å². The summed E-state index contributed by atoms with van der Waals surface area (Å²) in [5.41, 5.74) is 6.75. The number of pyridine rings is 1. The molecule has 0 aliphatic carbocycles. The largest absolute Gasteiger partial charge is 0.339 e. The summed E-state index contributed by atoms with van der Waals surface area (Å²) < 4.78 is 5.30. The number of hydrogen-bond acceptors (Lipinski definition) is 5. The molecule has 2 aromatic rings. The van der Waals surface area contributed by atoms with E-state index in [1.165, 1.54) is 0 Å². The van der Waals surface area contributed by atoms with Crippen molar-refractivity contribution < 1.29 is 4.52 Å². The van der Waals surface area contributed by atoms with Crippen LogP contribution < -0.4 is 5.73 Å². The normalized spacial score (nSPS) is 12.5. The molecule has 0 saturated heterocycles. The van der Waals surface area contributed by atoms with Gasteiger partial charge in [0.1, 0.15) is 0 Å². The monoisotopic (exact) mass is 274 g/mol. The molecule has 0 aromatic carbocycles. The number of hydrogen-bond donors (Lipinski definition) is 1. The van der Waals surface area contributed by atoms with Crippen LogP contribution in [-0.2, 0) is 12.8 Å². The van der Waals surface area contributed by atoms with E-state index in [0.29, 0.717) is 12.3 Å². The van der Waals surface area contributed by atoms with Crippen LogP contribution in [-0.4, -0.2) is 21.7 Å². The fraction of sp³-hybridized carbons (Fsp3) is 0.533. The van der Waals surface area contributed by atoms with Gasteiger partial charge in [0.2, 0.25) is 5.89 Å². The molecule has 2 N–H and O–H groups in total. The van der Waals surface area contributed by atoms with Gasteiger partial charge >= 0.3 is 0 Å². The molecule has 0 saturated carbocycles. The first-order chi connectivity index (χ1) is 9.81. The van der Waals surface area contributed by atoms with E-state index in [1.807, 2.05) is 12.1 Å². The van der Waals surface area contributed by atoms with Gasteiger partial charge in [-0.05, 0) is 43.0 Å². The first-order valence-corrected chi connectivity index (χ1v) is 7.22. The summed E-state index contributed by atoms with van der Waals surface area (Å²) in [5.74, 6) is 2.11. The van der Waals surface area contributed by atoms with Crippen molar-refractivity contribution in [3.8, 4) is 0 Å². The molecule has 108 valence electrons. The first kappa shape index (κ1) is 14.7. The second-order valence-electron chi connectivity index (χ2n) is 5.03. The maximum atomic E-state index is 5.61. The predicted octanol–water partition coefficient (Wildman–Crippen LogP) is 2.36. The van der Waals surface area contributed by atoms with Gasteiger partial charge in [-0.3, -0.25) is 4.98 Å². The van der Waals surface area contributed by atoms with E-state index in [1.54, 1.807) is 12.4 Å². The fourth-order valence-corrected chi connectivity index (χ4v) is 2.26. The molecular formula is C15H22N4O. The zero-order chi connectivity index (χ0) is 14.2. The van der Waals surface area contributed by atoms with Crippen molar-refractivity contribution in [3.63, 3.8) is 0 Å². The summed E-state index contributed by atoms with van der Waals surface area (Å²) in [5, 5.41) is 4.03. The minimum absolute atomic E-state index is 0.649. The third-order valence-corrected chi connectivity index (χ3v) is 3.54. The van der Waals surface area contributed by atoms with Gasteiger partial charge in [-0.25, -0.2) is 0 Å². The van der Waals surface area contributed by atoms with Crippen LogP contribution in [0.5, 0.6) is 0 Å². The molecule has 1 unspecified atom stereocenters. The summed E-state index contributed by atoms with van der Waals surface area (Å²) in [6, 6.07) is 3.93. The Bertz CT molecular complexity index is 498. The zero-order valence-electron chi connectivity index (χ0n) is 12.0. The Kier molecular flexibility index (Phi) is 5.68. The average Bonchev–Trinajstić information content (AvgIpc) is 2.92. The topological polar surface area (TPSA) is 77.8 Å². The molecule has 0 spiro atoms.